The minimum Gasteiger partial charge on any atom is -0.481 e. The molecule has 2 aromatic carbocycles. The minimum atomic E-state index is -0.866. The normalized spacial score (nSPS) is 11.1. The third-order valence-corrected chi connectivity index (χ3v) is 5.05. The largest absolute Gasteiger partial charge is 0.481 e. The molecule has 4 rings (SSSR count). The van der Waals surface area contributed by atoms with Crippen molar-refractivity contribution in [3.05, 3.63) is 65.2 Å². The first-order chi connectivity index (χ1) is 12.1. The lowest BCUT2D eigenvalue weighted by molar-refractivity contribution is -0.136. The van der Waals surface area contributed by atoms with E-state index in [1.54, 1.807) is 0 Å². The molecule has 25 heavy (non-hydrogen) atoms. The van der Waals surface area contributed by atoms with Gasteiger partial charge in [-0.05, 0) is 18.6 Å². The number of H-pyrrole nitrogens is 1. The summed E-state index contributed by atoms with van der Waals surface area (Å²) in [5.74, 6) is -0.866. The molecule has 0 bridgehead atoms. The van der Waals surface area contributed by atoms with Crippen molar-refractivity contribution >= 4 is 28.2 Å². The van der Waals surface area contributed by atoms with E-state index >= 15 is 0 Å². The van der Waals surface area contributed by atoms with Crippen molar-refractivity contribution in [1.82, 2.24) is 9.97 Å². The van der Waals surface area contributed by atoms with Crippen LogP contribution in [0.5, 0.6) is 0 Å². The Morgan fingerprint density at radius 1 is 1.16 bits per heavy atom. The quantitative estimate of drug-likeness (QED) is 0.551. The monoisotopic (exact) mass is 348 g/mol. The highest BCUT2D eigenvalue weighted by molar-refractivity contribution is 7.13. The van der Waals surface area contributed by atoms with E-state index in [1.807, 2.05) is 23.6 Å². The zero-order valence-electron chi connectivity index (χ0n) is 13.6. The van der Waals surface area contributed by atoms with Crippen molar-refractivity contribution in [2.75, 3.05) is 0 Å². The summed E-state index contributed by atoms with van der Waals surface area (Å²) in [6.45, 7) is 2.06. The second-order valence-corrected chi connectivity index (χ2v) is 6.86. The van der Waals surface area contributed by atoms with Crippen molar-refractivity contribution < 1.29 is 9.90 Å². The number of aromatic nitrogens is 2. The predicted molar refractivity (Wildman–Crippen MR) is 101 cm³/mol. The molecule has 0 saturated heterocycles. The van der Waals surface area contributed by atoms with Crippen molar-refractivity contribution in [2.45, 2.75) is 13.3 Å². The van der Waals surface area contributed by atoms with Crippen molar-refractivity contribution in [3.63, 3.8) is 0 Å². The van der Waals surface area contributed by atoms with Gasteiger partial charge in [0.25, 0.3) is 0 Å². The summed E-state index contributed by atoms with van der Waals surface area (Å²) in [5.41, 5.74) is 5.97. The molecule has 0 aliphatic rings. The van der Waals surface area contributed by atoms with Gasteiger partial charge in [-0.25, -0.2) is 4.98 Å². The van der Waals surface area contributed by atoms with Crippen LogP contribution < -0.4 is 0 Å². The van der Waals surface area contributed by atoms with Crippen LogP contribution in [0.15, 0.2) is 53.9 Å². The number of aromatic amines is 1. The molecule has 5 heteroatoms. The van der Waals surface area contributed by atoms with Gasteiger partial charge < -0.3 is 10.1 Å². The summed E-state index contributed by atoms with van der Waals surface area (Å²) in [6, 6.07) is 16.5. The molecule has 0 aliphatic carbocycles. The van der Waals surface area contributed by atoms with Crippen LogP contribution in [-0.2, 0) is 11.2 Å². The van der Waals surface area contributed by atoms with E-state index in [4.69, 9.17) is 5.11 Å². The highest BCUT2D eigenvalue weighted by Crippen LogP contribution is 2.39. The average molecular weight is 348 g/mol. The number of hydrogen-bond acceptors (Lipinski definition) is 3. The number of aryl methyl sites for hydroxylation is 1. The number of nitrogens with one attached hydrogen (secondary N) is 1. The van der Waals surface area contributed by atoms with E-state index in [0.29, 0.717) is 5.69 Å². The molecule has 0 atom stereocenters. The van der Waals surface area contributed by atoms with Crippen LogP contribution >= 0.6 is 11.3 Å². The molecule has 0 fully saturated rings. The van der Waals surface area contributed by atoms with Crippen LogP contribution in [0.25, 0.3) is 32.7 Å². The van der Waals surface area contributed by atoms with Gasteiger partial charge in [0.05, 0.1) is 17.8 Å². The van der Waals surface area contributed by atoms with E-state index < -0.39 is 5.97 Å². The van der Waals surface area contributed by atoms with E-state index in [2.05, 4.69) is 47.2 Å². The number of rotatable bonds is 4. The number of para-hydroxylation sites is 1. The molecule has 4 aromatic rings. The Labute approximate surface area is 148 Å². The Morgan fingerprint density at radius 3 is 2.68 bits per heavy atom. The molecule has 2 aromatic heterocycles. The molecule has 0 amide bonds. The van der Waals surface area contributed by atoms with Crippen LogP contribution in [0.2, 0.25) is 0 Å². The van der Waals surface area contributed by atoms with Crippen molar-refractivity contribution in [3.8, 4) is 21.8 Å². The van der Waals surface area contributed by atoms with E-state index in [-0.39, 0.29) is 6.42 Å². The molecule has 0 saturated carbocycles. The molecule has 0 aliphatic heterocycles. The van der Waals surface area contributed by atoms with Crippen molar-refractivity contribution in [2.24, 2.45) is 0 Å². The predicted octanol–water partition coefficient (Wildman–Crippen LogP) is 4.89. The third-order valence-electron chi connectivity index (χ3n) is 4.14. The lowest BCUT2D eigenvalue weighted by Crippen LogP contribution is -1.99. The van der Waals surface area contributed by atoms with Gasteiger partial charge in [0.1, 0.15) is 5.01 Å². The Morgan fingerprint density at radius 2 is 1.92 bits per heavy atom. The lowest BCUT2D eigenvalue weighted by Gasteiger charge is -2.03. The first-order valence-electron chi connectivity index (χ1n) is 7.96. The van der Waals surface area contributed by atoms with Gasteiger partial charge in [0.2, 0.25) is 0 Å². The average Bonchev–Trinajstić information content (AvgIpc) is 3.19. The summed E-state index contributed by atoms with van der Waals surface area (Å²) < 4.78 is 0. The third kappa shape index (κ3) is 2.94. The van der Waals surface area contributed by atoms with Crippen LogP contribution in [-0.4, -0.2) is 21.0 Å². The maximum Gasteiger partial charge on any atom is 0.309 e. The Bertz CT molecular complexity index is 1060. The molecule has 0 radical (unpaired) electrons. The fourth-order valence-electron chi connectivity index (χ4n) is 2.96. The number of carboxylic acid groups (broad SMARTS) is 1. The fraction of sp³-hybridized carbons (Fsp3) is 0.100. The zero-order chi connectivity index (χ0) is 17.4. The SMILES string of the molecule is Cc1ccc(-c2[nH]c3ccccc3c2-c2nc(CC(=O)O)cs2)cc1. The second-order valence-electron chi connectivity index (χ2n) is 6.00. The van der Waals surface area contributed by atoms with E-state index in [9.17, 15) is 4.79 Å². The lowest BCUT2D eigenvalue weighted by atomic mass is 10.0. The maximum absolute atomic E-state index is 11.0. The first kappa shape index (κ1) is 15.6. The molecule has 0 spiro atoms. The molecule has 4 nitrogen and oxygen atoms in total. The Hall–Kier alpha value is -2.92. The molecule has 2 N–H and O–H groups in total. The van der Waals surface area contributed by atoms with Gasteiger partial charge in [-0.15, -0.1) is 11.3 Å². The summed E-state index contributed by atoms with van der Waals surface area (Å²) >= 11 is 1.48. The second kappa shape index (κ2) is 6.18. The molecular weight excluding hydrogens is 332 g/mol. The number of hydrogen-bond donors (Lipinski definition) is 2. The number of benzene rings is 2. The van der Waals surface area contributed by atoms with Crippen LogP contribution in [0.4, 0.5) is 0 Å². The van der Waals surface area contributed by atoms with Gasteiger partial charge in [-0.1, -0.05) is 48.0 Å². The maximum atomic E-state index is 11.0. The number of nitrogens with zero attached hydrogens (tertiary/aromatic N) is 1. The van der Waals surface area contributed by atoms with Crippen LogP contribution in [0.3, 0.4) is 0 Å². The van der Waals surface area contributed by atoms with Gasteiger partial charge in [-0.3, -0.25) is 4.79 Å². The molecular formula is C20H16N2O2S. The Balaban J connectivity index is 1.92. The number of carbonyl (C=O) groups is 1. The van der Waals surface area contributed by atoms with Gasteiger partial charge in [0, 0.05) is 21.8 Å². The minimum absolute atomic E-state index is 0.0568. The number of aliphatic carboxylic acids is 1. The molecule has 124 valence electrons. The standard InChI is InChI=1S/C20H16N2O2S/c1-12-6-8-13(9-7-12)19-18(15-4-2-3-5-16(15)22-19)20-21-14(11-25-20)10-17(23)24/h2-9,11,22H,10H2,1H3,(H,23,24). The molecule has 0 unspecified atom stereocenters. The number of thiazole rings is 1. The molecule has 2 heterocycles. The number of fused-ring (bicyclic) bond motifs is 1. The highest BCUT2D eigenvalue weighted by Gasteiger charge is 2.18. The smallest absolute Gasteiger partial charge is 0.309 e. The van der Waals surface area contributed by atoms with Gasteiger partial charge in [0.15, 0.2) is 0 Å². The summed E-state index contributed by atoms with van der Waals surface area (Å²) in [7, 11) is 0. The topological polar surface area (TPSA) is 66.0 Å². The fourth-order valence-corrected chi connectivity index (χ4v) is 3.84. The van der Waals surface area contributed by atoms with Crippen LogP contribution in [0.1, 0.15) is 11.3 Å². The van der Waals surface area contributed by atoms with E-state index in [1.165, 1.54) is 16.9 Å². The van der Waals surface area contributed by atoms with Gasteiger partial charge >= 0.3 is 5.97 Å². The van der Waals surface area contributed by atoms with Crippen molar-refractivity contribution in [1.29, 1.82) is 0 Å². The van der Waals surface area contributed by atoms with E-state index in [0.717, 1.165) is 32.7 Å². The summed E-state index contributed by atoms with van der Waals surface area (Å²) in [4.78, 5) is 19.0. The van der Waals surface area contributed by atoms with Crippen LogP contribution in [0, 0.1) is 6.92 Å². The number of carboxylic acids is 1. The highest BCUT2D eigenvalue weighted by atomic mass is 32.1. The Kier molecular flexibility index (Phi) is 3.86. The zero-order valence-corrected chi connectivity index (χ0v) is 14.4. The summed E-state index contributed by atoms with van der Waals surface area (Å²) in [6.07, 6.45) is -0.0568. The first-order valence-corrected chi connectivity index (χ1v) is 8.84. The summed E-state index contributed by atoms with van der Waals surface area (Å²) in [5, 5.41) is 12.7. The van der Waals surface area contributed by atoms with Gasteiger partial charge in [-0.2, -0.15) is 0 Å².